The molecule has 0 aromatic carbocycles. The highest BCUT2D eigenvalue weighted by Gasteiger charge is 2.32. The molecule has 7 unspecified atom stereocenters. The molecule has 0 radical (unpaired) electrons. The van der Waals surface area contributed by atoms with Crippen LogP contribution >= 0.6 is 0 Å². The van der Waals surface area contributed by atoms with E-state index in [1.54, 1.807) is 0 Å². The molecule has 4 heterocycles. The van der Waals surface area contributed by atoms with Crippen LogP contribution in [0.3, 0.4) is 0 Å². The Balaban J connectivity index is 1.37. The summed E-state index contributed by atoms with van der Waals surface area (Å²) >= 11 is 0. The lowest BCUT2D eigenvalue weighted by Gasteiger charge is -2.37. The minimum Gasteiger partial charge on any atom is -0.457 e. The fourth-order valence-electron chi connectivity index (χ4n) is 6.62. The largest absolute Gasteiger partial charge is 0.457 e. The number of nitrogens with one attached hydrogen (secondary N) is 1. The van der Waals surface area contributed by atoms with E-state index in [4.69, 9.17) is 14.2 Å². The van der Waals surface area contributed by atoms with Crippen LogP contribution in [0.1, 0.15) is 91.4 Å². The molecule has 0 aliphatic carbocycles. The number of ether oxygens (including phenoxy) is 3. The van der Waals surface area contributed by atoms with E-state index in [0.717, 1.165) is 77.5 Å². The van der Waals surface area contributed by atoms with Crippen molar-refractivity contribution < 1.29 is 23.8 Å². The van der Waals surface area contributed by atoms with Gasteiger partial charge >= 0.3 is 5.97 Å². The predicted molar refractivity (Wildman–Crippen MR) is 167 cm³/mol. The molecule has 4 aliphatic heterocycles. The number of nitrogens with zero attached hydrogens (tertiary/aromatic N) is 1. The summed E-state index contributed by atoms with van der Waals surface area (Å²) in [4.78, 5) is 27.5. The van der Waals surface area contributed by atoms with Crippen LogP contribution in [0.15, 0.2) is 48.1 Å². The van der Waals surface area contributed by atoms with Crippen molar-refractivity contribution >= 4 is 11.9 Å². The topological polar surface area (TPSA) is 77.1 Å². The maximum absolute atomic E-state index is 13.2. The Morgan fingerprint density at radius 1 is 0.976 bits per heavy atom. The number of cyclic esters (lactones) is 1. The van der Waals surface area contributed by atoms with Crippen LogP contribution in [-0.4, -0.2) is 73.5 Å². The van der Waals surface area contributed by atoms with Crippen molar-refractivity contribution in [3.05, 3.63) is 48.1 Å². The zero-order chi connectivity index (χ0) is 29.7. The number of hydrogen-bond acceptors (Lipinski definition) is 6. The molecular formula is C35H54N2O5. The summed E-state index contributed by atoms with van der Waals surface area (Å²) in [5.74, 6) is 0.461. The Morgan fingerprint density at radius 2 is 1.71 bits per heavy atom. The molecule has 1 amide bonds. The van der Waals surface area contributed by atoms with Crippen LogP contribution in [0.4, 0.5) is 0 Å². The quantitative estimate of drug-likeness (QED) is 0.178. The van der Waals surface area contributed by atoms with Gasteiger partial charge in [0.05, 0.1) is 30.8 Å². The molecule has 42 heavy (non-hydrogen) atoms. The summed E-state index contributed by atoms with van der Waals surface area (Å²) in [7, 11) is 0. The first-order chi connectivity index (χ1) is 20.4. The number of carbonyl (C=O) groups is 2. The maximum Gasteiger partial charge on any atom is 0.309 e. The number of carbonyl (C=O) groups excluding carboxylic acids is 2. The molecule has 234 valence electrons. The van der Waals surface area contributed by atoms with Crippen molar-refractivity contribution in [1.29, 1.82) is 0 Å². The second kappa shape index (κ2) is 17.2. The first-order valence-corrected chi connectivity index (χ1v) is 16.5. The summed E-state index contributed by atoms with van der Waals surface area (Å²) in [6.07, 6.45) is 24.3. The molecule has 0 saturated carbocycles. The van der Waals surface area contributed by atoms with Gasteiger partial charge in [-0.25, -0.2) is 0 Å². The van der Waals surface area contributed by atoms with E-state index in [9.17, 15) is 9.59 Å². The molecule has 3 fully saturated rings. The van der Waals surface area contributed by atoms with Crippen molar-refractivity contribution in [2.75, 3.05) is 26.2 Å². The number of allylic oxidation sites excluding steroid dienone is 5. The molecule has 0 aromatic heterocycles. The average Bonchev–Trinajstić information content (AvgIpc) is 2.98. The predicted octanol–water partition coefficient (Wildman–Crippen LogP) is 6.06. The lowest BCUT2D eigenvalue weighted by atomic mass is 9.90. The number of amides is 1. The van der Waals surface area contributed by atoms with Crippen molar-refractivity contribution in [3.63, 3.8) is 0 Å². The lowest BCUT2D eigenvalue weighted by molar-refractivity contribution is -0.154. The Labute approximate surface area is 253 Å². The number of rotatable bonds is 6. The van der Waals surface area contributed by atoms with Gasteiger partial charge in [-0.2, -0.15) is 0 Å². The third-order valence-electron chi connectivity index (χ3n) is 9.07. The van der Waals surface area contributed by atoms with E-state index in [1.165, 1.54) is 12.0 Å². The molecule has 7 heteroatoms. The minimum atomic E-state index is -0.358. The van der Waals surface area contributed by atoms with Crippen molar-refractivity contribution in [2.24, 2.45) is 11.8 Å². The molecule has 0 aromatic rings. The third-order valence-corrected chi connectivity index (χ3v) is 9.07. The zero-order valence-corrected chi connectivity index (χ0v) is 26.2. The number of esters is 1. The van der Waals surface area contributed by atoms with Crippen molar-refractivity contribution in [2.45, 2.75) is 122 Å². The van der Waals surface area contributed by atoms with Gasteiger partial charge in [0.2, 0.25) is 5.91 Å². The normalized spacial score (nSPS) is 35.4. The molecule has 4 aliphatic rings. The molecule has 7 nitrogen and oxygen atoms in total. The van der Waals surface area contributed by atoms with Crippen molar-refractivity contribution in [3.8, 4) is 0 Å². The van der Waals surface area contributed by atoms with Crippen LogP contribution in [0.2, 0.25) is 0 Å². The lowest BCUT2D eigenvalue weighted by Crippen LogP contribution is -2.46. The van der Waals surface area contributed by atoms with E-state index < -0.39 is 0 Å². The highest BCUT2D eigenvalue weighted by molar-refractivity contribution is 5.76. The first kappa shape index (κ1) is 32.7. The van der Waals surface area contributed by atoms with Crippen LogP contribution in [0.25, 0.3) is 0 Å². The molecule has 0 spiro atoms. The van der Waals surface area contributed by atoms with Gasteiger partial charge in [-0.15, -0.1) is 0 Å². The molecule has 4 rings (SSSR count). The third kappa shape index (κ3) is 10.8. The first-order valence-electron chi connectivity index (χ1n) is 16.5. The smallest absolute Gasteiger partial charge is 0.309 e. The van der Waals surface area contributed by atoms with Gasteiger partial charge in [-0.05, 0) is 70.3 Å². The maximum atomic E-state index is 13.2. The number of unbranched alkanes of at least 4 members (excludes halogenated alkanes) is 1. The Kier molecular flexibility index (Phi) is 13.4. The van der Waals surface area contributed by atoms with E-state index in [1.807, 2.05) is 23.1 Å². The van der Waals surface area contributed by atoms with Crippen LogP contribution in [-0.2, 0) is 23.8 Å². The SMILES string of the molecule is C/C=C1\CC2CC(=O)OC(/C=C/C=C\CCCC(=O)N3CCNCC3)C(C)/C=C/C(C)CC3CCCC(CC(C1)O2)O3. The highest BCUT2D eigenvalue weighted by atomic mass is 16.5. The Hall–Kier alpha value is -2.22. The number of piperazine rings is 1. The Morgan fingerprint density at radius 3 is 2.50 bits per heavy atom. The second-order valence-corrected chi connectivity index (χ2v) is 12.7. The molecular weight excluding hydrogens is 528 g/mol. The van der Waals surface area contributed by atoms with E-state index in [-0.39, 0.29) is 54.7 Å². The van der Waals surface area contributed by atoms with E-state index in [0.29, 0.717) is 12.3 Å². The zero-order valence-electron chi connectivity index (χ0n) is 26.2. The highest BCUT2D eigenvalue weighted by Crippen LogP contribution is 2.33. The number of fused-ring (bicyclic) bond motifs is 4. The molecule has 1 N–H and O–H groups in total. The van der Waals surface area contributed by atoms with E-state index in [2.05, 4.69) is 50.4 Å². The minimum absolute atomic E-state index is 0.0387. The summed E-state index contributed by atoms with van der Waals surface area (Å²) in [5.41, 5.74) is 1.36. The summed E-state index contributed by atoms with van der Waals surface area (Å²) in [5, 5.41) is 3.28. The summed E-state index contributed by atoms with van der Waals surface area (Å²) in [6.45, 7) is 9.82. The standard InChI is InChI=1S/C35H54N2O5/c1-4-28-22-31-24-30-12-10-11-29(40-30)21-26(2)15-16-27(3)33(42-35(39)25-32(23-28)41-31)13-8-6-5-7-9-14-34(38)37-19-17-36-18-20-37/h4-6,8,13,15-16,26-27,29-33,36H,7,9-12,14,17-25H2,1-3H3/b6-5-,13-8+,16-15+,28-4-. The molecule has 3 saturated heterocycles. The molecule has 7 atom stereocenters. The van der Waals surface area contributed by atoms with Gasteiger partial charge < -0.3 is 24.4 Å². The van der Waals surface area contributed by atoms with Crippen molar-refractivity contribution in [1.82, 2.24) is 10.2 Å². The van der Waals surface area contributed by atoms with Gasteiger partial charge in [0.1, 0.15) is 6.10 Å². The number of hydrogen-bond donors (Lipinski definition) is 1. The van der Waals surface area contributed by atoms with Gasteiger partial charge in [0.25, 0.3) is 0 Å². The van der Waals surface area contributed by atoms with Crippen LogP contribution < -0.4 is 5.32 Å². The fraction of sp³-hybridized carbons (Fsp3) is 0.714. The Bertz CT molecular complexity index is 982. The van der Waals surface area contributed by atoms with Gasteiger partial charge in [-0.1, -0.05) is 55.9 Å². The second-order valence-electron chi connectivity index (χ2n) is 12.7. The summed E-state index contributed by atoms with van der Waals surface area (Å²) in [6, 6.07) is 0. The van der Waals surface area contributed by atoms with Gasteiger partial charge in [0.15, 0.2) is 0 Å². The summed E-state index contributed by atoms with van der Waals surface area (Å²) < 4.78 is 19.1. The fourth-order valence-corrected chi connectivity index (χ4v) is 6.62. The van der Waals surface area contributed by atoms with E-state index >= 15 is 0 Å². The monoisotopic (exact) mass is 582 g/mol. The van der Waals surface area contributed by atoms with Gasteiger partial charge in [0, 0.05) is 44.9 Å². The van der Waals surface area contributed by atoms with Crippen LogP contribution in [0, 0.1) is 11.8 Å². The average molecular weight is 583 g/mol. The van der Waals surface area contributed by atoms with Gasteiger partial charge in [-0.3, -0.25) is 9.59 Å². The molecule has 4 bridgehead atoms. The van der Waals surface area contributed by atoms with Crippen LogP contribution in [0.5, 0.6) is 0 Å².